The van der Waals surface area contributed by atoms with E-state index in [0.29, 0.717) is 35.2 Å². The minimum atomic E-state index is -0.781. The van der Waals surface area contributed by atoms with Gasteiger partial charge in [0.25, 0.3) is 0 Å². The smallest absolute Gasteiger partial charge is 0.315 e. The predicted octanol–water partition coefficient (Wildman–Crippen LogP) is 7.18. The number of hydrogen-bond acceptors (Lipinski definition) is 21. The third-order valence-corrected chi connectivity index (χ3v) is 22.5. The van der Waals surface area contributed by atoms with Gasteiger partial charge in [-0.3, -0.25) is 14.4 Å². The number of carbonyl (C=O) groups excluding carboxylic acids is 3. The molecule has 0 aliphatic heterocycles. The lowest BCUT2D eigenvalue weighted by Crippen LogP contribution is -2.11. The van der Waals surface area contributed by atoms with Crippen LogP contribution < -0.4 is 0 Å². The van der Waals surface area contributed by atoms with E-state index in [9.17, 15) is 18.9 Å². The Bertz CT molecular complexity index is 735. The molecular weight excluding hydrogens is 877 g/mol. The molecule has 0 fully saturated rings. The van der Waals surface area contributed by atoms with E-state index < -0.39 is 11.2 Å². The first-order chi connectivity index (χ1) is 23.0. The van der Waals surface area contributed by atoms with Gasteiger partial charge < -0.3 is 24.2 Å². The molecular formula is C25H46O8S14. The van der Waals surface area contributed by atoms with Crippen molar-refractivity contribution in [3.8, 4) is 0 Å². The Hall–Kier alpha value is 3.39. The van der Waals surface area contributed by atoms with Crippen molar-refractivity contribution in [2.24, 2.45) is 0 Å². The average Bonchev–Trinajstić information content (AvgIpc) is 3.05. The minimum absolute atomic E-state index is 0.0319. The molecule has 0 aliphatic carbocycles. The SMILES string of the molecule is O=C(CSCSCSCSCC[S+]([O-])CSCSCSCSCSC(=O)CSCSCSCSCC(=O)OCCCO)OCCCO. The van der Waals surface area contributed by atoms with E-state index in [4.69, 9.17) is 19.7 Å². The zero-order valence-corrected chi connectivity index (χ0v) is 37.5. The number of esters is 2. The standard InChI is InChI=1S/C25H46O8S14/c26-3-1-5-32-23(28)9-35-13-39-16-38-12-34-7-8-47(31)22-45-20-43-18-42-19-44-21-46-25(30)11-37-15-41-17-40-14-36-10-24(29)33-6-2-4-27/h26-27H,1-22H2. The molecule has 2 N–H and O–H groups in total. The van der Waals surface area contributed by atoms with Gasteiger partial charge in [-0.25, -0.2) is 0 Å². The highest BCUT2D eigenvalue weighted by Gasteiger charge is 2.08. The monoisotopic (exact) mass is 922 g/mol. The minimum Gasteiger partial charge on any atom is -0.616 e. The van der Waals surface area contributed by atoms with Crippen LogP contribution in [0.5, 0.6) is 0 Å². The van der Waals surface area contributed by atoms with Gasteiger partial charge in [0.2, 0.25) is 0 Å². The molecule has 0 aromatic rings. The molecule has 0 heterocycles. The summed E-state index contributed by atoms with van der Waals surface area (Å²) >= 11 is 21.6. The van der Waals surface area contributed by atoms with Crippen LogP contribution in [0.1, 0.15) is 12.8 Å². The van der Waals surface area contributed by atoms with Gasteiger partial charge >= 0.3 is 11.9 Å². The Morgan fingerprint density at radius 1 is 0.532 bits per heavy atom. The molecule has 0 saturated heterocycles. The first kappa shape index (κ1) is 50.4. The maximum absolute atomic E-state index is 12.2. The van der Waals surface area contributed by atoms with Crippen molar-refractivity contribution >= 4 is 181 Å². The van der Waals surface area contributed by atoms with Crippen molar-refractivity contribution in [3.05, 3.63) is 0 Å². The van der Waals surface area contributed by atoms with Crippen LogP contribution in [0.25, 0.3) is 0 Å². The highest BCUT2D eigenvalue weighted by Crippen LogP contribution is 2.26. The van der Waals surface area contributed by atoms with Crippen molar-refractivity contribution in [1.82, 2.24) is 0 Å². The van der Waals surface area contributed by atoms with Crippen molar-refractivity contribution in [2.75, 3.05) is 111 Å². The van der Waals surface area contributed by atoms with E-state index >= 15 is 0 Å². The summed E-state index contributed by atoms with van der Waals surface area (Å²) in [4.78, 5) is 34.9. The van der Waals surface area contributed by atoms with Gasteiger partial charge in [-0.2, -0.15) is 0 Å². The molecule has 0 rings (SSSR count). The van der Waals surface area contributed by atoms with Gasteiger partial charge in [0.15, 0.2) is 10.2 Å². The summed E-state index contributed by atoms with van der Waals surface area (Å²) in [5.41, 5.74) is 0. The summed E-state index contributed by atoms with van der Waals surface area (Å²) in [5.74, 6) is 2.40. The molecule has 22 heteroatoms. The molecule has 278 valence electrons. The van der Waals surface area contributed by atoms with Crippen LogP contribution in [0.3, 0.4) is 0 Å². The second-order valence-corrected chi connectivity index (χ2v) is 26.7. The van der Waals surface area contributed by atoms with Gasteiger partial charge in [0, 0.05) is 82.7 Å². The summed E-state index contributed by atoms with van der Waals surface area (Å²) in [6.07, 6.45) is 0.965. The molecule has 0 aliphatic rings. The first-order valence-corrected chi connectivity index (χ1v) is 30.3. The number of thioether (sulfide) groups is 13. The van der Waals surface area contributed by atoms with Gasteiger partial charge in [0.05, 0.1) is 30.5 Å². The molecule has 0 radical (unpaired) electrons. The van der Waals surface area contributed by atoms with Crippen LogP contribution in [0.2, 0.25) is 0 Å². The van der Waals surface area contributed by atoms with Crippen LogP contribution in [0.4, 0.5) is 0 Å². The van der Waals surface area contributed by atoms with Gasteiger partial charge in [-0.1, -0.05) is 23.5 Å². The zero-order chi connectivity index (χ0) is 34.5. The van der Waals surface area contributed by atoms with Gasteiger partial charge in [-0.05, 0) is 11.2 Å². The Morgan fingerprint density at radius 3 is 1.43 bits per heavy atom. The Balaban J connectivity index is 3.30. The third-order valence-electron chi connectivity index (χ3n) is 4.26. The topological polar surface area (TPSA) is 133 Å². The molecule has 0 spiro atoms. The average molecular weight is 924 g/mol. The Morgan fingerprint density at radius 2 is 0.936 bits per heavy atom. The quantitative estimate of drug-likeness (QED) is 0.0282. The summed E-state index contributed by atoms with van der Waals surface area (Å²) in [6.45, 7) is 0.629. The second kappa shape index (κ2) is 42.1. The summed E-state index contributed by atoms with van der Waals surface area (Å²) in [5, 5.41) is 27.4. The molecule has 8 nitrogen and oxygen atoms in total. The Labute approximate surface area is 339 Å². The zero-order valence-electron chi connectivity index (χ0n) is 26.1. The second-order valence-electron chi connectivity index (χ2n) is 8.14. The lowest BCUT2D eigenvalue weighted by atomic mass is 10.5. The van der Waals surface area contributed by atoms with Crippen molar-refractivity contribution in [1.29, 1.82) is 0 Å². The number of rotatable bonds is 37. The maximum atomic E-state index is 12.2. The maximum Gasteiger partial charge on any atom is 0.315 e. The van der Waals surface area contributed by atoms with E-state index in [0.717, 1.165) is 62.4 Å². The Kier molecular flexibility index (Phi) is 45.2. The number of carbonyl (C=O) groups is 3. The van der Waals surface area contributed by atoms with E-state index in [1.54, 1.807) is 82.3 Å². The van der Waals surface area contributed by atoms with Crippen LogP contribution >= 0.6 is 153 Å². The van der Waals surface area contributed by atoms with Crippen LogP contribution in [0.15, 0.2) is 0 Å². The summed E-state index contributed by atoms with van der Waals surface area (Å²) in [6, 6.07) is 0. The van der Waals surface area contributed by atoms with E-state index in [2.05, 4.69) is 0 Å². The van der Waals surface area contributed by atoms with Crippen molar-refractivity contribution < 1.29 is 38.6 Å². The number of aliphatic hydroxyl groups is 2. The molecule has 1 unspecified atom stereocenters. The van der Waals surface area contributed by atoms with Crippen LogP contribution in [-0.2, 0) is 35.0 Å². The predicted molar refractivity (Wildman–Crippen MR) is 235 cm³/mol. The highest BCUT2D eigenvalue weighted by atomic mass is 32.3. The number of hydrogen-bond donors (Lipinski definition) is 2. The van der Waals surface area contributed by atoms with E-state index in [1.165, 1.54) is 23.5 Å². The van der Waals surface area contributed by atoms with Gasteiger partial charge in [0.1, 0.15) is 5.75 Å². The van der Waals surface area contributed by atoms with Crippen molar-refractivity contribution in [2.45, 2.75) is 12.8 Å². The van der Waals surface area contributed by atoms with E-state index in [1.807, 2.05) is 47.0 Å². The fourth-order valence-electron chi connectivity index (χ4n) is 2.27. The largest absolute Gasteiger partial charge is 0.616 e. The number of aliphatic hydroxyl groups excluding tert-OH is 2. The molecule has 0 bridgehead atoms. The molecule has 0 aromatic heterocycles. The lowest BCUT2D eigenvalue weighted by molar-refractivity contribution is -0.141. The summed E-state index contributed by atoms with van der Waals surface area (Å²) in [7, 11) is 0. The summed E-state index contributed by atoms with van der Waals surface area (Å²) < 4.78 is 22.1. The van der Waals surface area contributed by atoms with E-state index in [-0.39, 0.29) is 43.5 Å². The molecule has 0 aromatic carbocycles. The third kappa shape index (κ3) is 42.0. The van der Waals surface area contributed by atoms with Gasteiger partial charge in [-0.15, -0.1) is 129 Å². The normalized spacial score (nSPS) is 11.9. The molecule has 0 saturated carbocycles. The number of ether oxygens (including phenoxy) is 2. The highest BCUT2D eigenvalue weighted by molar-refractivity contribution is 8.31. The molecule has 47 heavy (non-hydrogen) atoms. The molecule has 1 atom stereocenters. The fraction of sp³-hybridized carbons (Fsp3) is 0.880. The van der Waals surface area contributed by atoms with Crippen LogP contribution in [-0.4, -0.2) is 143 Å². The lowest BCUT2D eigenvalue weighted by Gasteiger charge is -2.10. The molecule has 0 amide bonds. The first-order valence-electron chi connectivity index (χ1n) is 14.0. The van der Waals surface area contributed by atoms with Crippen LogP contribution in [0, 0.1) is 0 Å². The van der Waals surface area contributed by atoms with Crippen molar-refractivity contribution in [3.63, 3.8) is 0 Å². The fourth-order valence-corrected chi connectivity index (χ4v) is 19.6.